The van der Waals surface area contributed by atoms with Crippen LogP contribution in [0.3, 0.4) is 0 Å². The molecule has 0 spiro atoms. The predicted molar refractivity (Wildman–Crippen MR) is 86.5 cm³/mol. The molecule has 2 rings (SSSR count). The summed E-state index contributed by atoms with van der Waals surface area (Å²) >= 11 is 0. The second kappa shape index (κ2) is 7.05. The molecule has 0 saturated carbocycles. The van der Waals surface area contributed by atoms with Crippen molar-refractivity contribution in [2.45, 2.75) is 26.3 Å². The number of hydrogen-bond donors (Lipinski definition) is 2. The first kappa shape index (κ1) is 16.7. The van der Waals surface area contributed by atoms with Crippen LogP contribution in [0.15, 0.2) is 42.5 Å². The molecule has 0 heterocycles. The summed E-state index contributed by atoms with van der Waals surface area (Å²) in [4.78, 5) is 23.9. The zero-order valence-corrected chi connectivity index (χ0v) is 13.1. The fourth-order valence-corrected chi connectivity index (χ4v) is 2.48. The van der Waals surface area contributed by atoms with Crippen LogP contribution in [-0.4, -0.2) is 17.9 Å². The van der Waals surface area contributed by atoms with Gasteiger partial charge in [0.25, 0.3) is 5.91 Å². The highest BCUT2D eigenvalue weighted by molar-refractivity contribution is 5.97. The van der Waals surface area contributed by atoms with Crippen molar-refractivity contribution in [3.8, 4) is 0 Å². The van der Waals surface area contributed by atoms with Crippen LogP contribution in [-0.2, 0) is 11.2 Å². The Morgan fingerprint density at radius 2 is 1.70 bits per heavy atom. The number of amides is 2. The molecule has 0 aliphatic heterocycles. The van der Waals surface area contributed by atoms with Gasteiger partial charge in [0, 0.05) is 6.42 Å². The van der Waals surface area contributed by atoms with Gasteiger partial charge in [-0.25, -0.2) is 4.39 Å². The van der Waals surface area contributed by atoms with Crippen LogP contribution in [0.2, 0.25) is 0 Å². The zero-order valence-electron chi connectivity index (χ0n) is 13.1. The van der Waals surface area contributed by atoms with E-state index in [9.17, 15) is 14.0 Å². The molecule has 120 valence electrons. The number of nitrogens with one attached hydrogen (secondary N) is 1. The molecule has 0 saturated heterocycles. The SMILES string of the molecule is Cc1cccc(C)c1C[C@@H](NC(=O)c1ccccc1F)C(N)=O. The number of benzene rings is 2. The Bertz CT molecular complexity index is 723. The van der Waals surface area contributed by atoms with E-state index in [0.717, 1.165) is 16.7 Å². The molecule has 0 unspecified atom stereocenters. The van der Waals surface area contributed by atoms with Gasteiger partial charge in [0.15, 0.2) is 0 Å². The Kier molecular flexibility index (Phi) is 5.11. The summed E-state index contributed by atoms with van der Waals surface area (Å²) < 4.78 is 13.7. The molecular formula is C18H19FN2O2. The first-order valence-electron chi connectivity index (χ1n) is 7.30. The first-order chi connectivity index (χ1) is 10.9. The van der Waals surface area contributed by atoms with Crippen LogP contribution in [0.5, 0.6) is 0 Å². The van der Waals surface area contributed by atoms with Crippen molar-refractivity contribution < 1.29 is 14.0 Å². The number of halogens is 1. The number of primary amides is 1. The summed E-state index contributed by atoms with van der Waals surface area (Å²) in [5, 5.41) is 2.52. The minimum atomic E-state index is -0.901. The summed E-state index contributed by atoms with van der Waals surface area (Å²) in [6, 6.07) is 10.5. The minimum Gasteiger partial charge on any atom is -0.368 e. The van der Waals surface area contributed by atoms with Crippen molar-refractivity contribution >= 4 is 11.8 Å². The molecule has 0 aliphatic rings. The van der Waals surface area contributed by atoms with Crippen LogP contribution >= 0.6 is 0 Å². The van der Waals surface area contributed by atoms with E-state index >= 15 is 0 Å². The maximum Gasteiger partial charge on any atom is 0.254 e. The van der Waals surface area contributed by atoms with Crippen LogP contribution in [0, 0.1) is 19.7 Å². The molecule has 0 aliphatic carbocycles. The van der Waals surface area contributed by atoms with Gasteiger partial charge >= 0.3 is 0 Å². The fraction of sp³-hybridized carbons (Fsp3) is 0.222. The number of nitrogens with two attached hydrogens (primary N) is 1. The van der Waals surface area contributed by atoms with Gasteiger partial charge in [-0.1, -0.05) is 30.3 Å². The van der Waals surface area contributed by atoms with Crippen LogP contribution in [0.25, 0.3) is 0 Å². The van der Waals surface area contributed by atoms with Gasteiger partial charge in [0.2, 0.25) is 5.91 Å². The topological polar surface area (TPSA) is 72.2 Å². The molecule has 1 atom stereocenters. The van der Waals surface area contributed by atoms with E-state index in [1.54, 1.807) is 6.07 Å². The van der Waals surface area contributed by atoms with E-state index in [0.29, 0.717) is 0 Å². The third-order valence-corrected chi connectivity index (χ3v) is 3.82. The molecular weight excluding hydrogens is 295 g/mol. The highest BCUT2D eigenvalue weighted by Crippen LogP contribution is 2.16. The zero-order chi connectivity index (χ0) is 17.0. The van der Waals surface area contributed by atoms with Gasteiger partial charge in [-0.05, 0) is 42.7 Å². The van der Waals surface area contributed by atoms with Crippen LogP contribution in [0.4, 0.5) is 4.39 Å². The molecule has 4 nitrogen and oxygen atoms in total. The van der Waals surface area contributed by atoms with E-state index in [2.05, 4.69) is 5.32 Å². The lowest BCUT2D eigenvalue weighted by molar-refractivity contribution is -0.119. The highest BCUT2D eigenvalue weighted by Gasteiger charge is 2.22. The monoisotopic (exact) mass is 314 g/mol. The molecule has 0 bridgehead atoms. The summed E-state index contributed by atoms with van der Waals surface area (Å²) in [5.74, 6) is -1.95. The van der Waals surface area contributed by atoms with E-state index in [-0.39, 0.29) is 12.0 Å². The molecule has 2 aromatic carbocycles. The van der Waals surface area contributed by atoms with Crippen molar-refractivity contribution in [1.29, 1.82) is 0 Å². The average molecular weight is 314 g/mol. The predicted octanol–water partition coefficient (Wildman–Crippen LogP) is 2.27. The Hall–Kier alpha value is -2.69. The van der Waals surface area contributed by atoms with E-state index in [1.807, 2.05) is 32.0 Å². The quantitative estimate of drug-likeness (QED) is 0.888. The standard InChI is InChI=1S/C18H19FN2O2/c1-11-6-5-7-12(2)14(11)10-16(17(20)22)21-18(23)13-8-3-4-9-15(13)19/h3-9,16H,10H2,1-2H3,(H2,20,22)(H,21,23)/t16-/m1/s1. The van der Waals surface area contributed by atoms with Gasteiger partial charge in [0.05, 0.1) is 5.56 Å². The number of rotatable bonds is 5. The molecule has 0 aromatic heterocycles. The van der Waals surface area contributed by atoms with Crippen molar-refractivity contribution in [2.75, 3.05) is 0 Å². The summed E-state index contributed by atoms with van der Waals surface area (Å²) in [6.45, 7) is 3.86. The highest BCUT2D eigenvalue weighted by atomic mass is 19.1. The number of carbonyl (C=O) groups is 2. The lowest BCUT2D eigenvalue weighted by Crippen LogP contribution is -2.46. The number of hydrogen-bond acceptors (Lipinski definition) is 2. The second-order valence-electron chi connectivity index (χ2n) is 5.48. The van der Waals surface area contributed by atoms with Gasteiger partial charge < -0.3 is 11.1 Å². The molecule has 2 aromatic rings. The molecule has 0 fully saturated rings. The first-order valence-corrected chi connectivity index (χ1v) is 7.30. The lowest BCUT2D eigenvalue weighted by Gasteiger charge is -2.18. The lowest BCUT2D eigenvalue weighted by atomic mass is 9.96. The van der Waals surface area contributed by atoms with E-state index in [1.165, 1.54) is 18.2 Å². The summed E-state index contributed by atoms with van der Waals surface area (Å²) in [7, 11) is 0. The molecule has 2 amide bonds. The fourth-order valence-electron chi connectivity index (χ4n) is 2.48. The minimum absolute atomic E-state index is 0.111. The normalized spacial score (nSPS) is 11.8. The van der Waals surface area contributed by atoms with Crippen molar-refractivity contribution in [2.24, 2.45) is 5.73 Å². The van der Waals surface area contributed by atoms with Crippen molar-refractivity contribution in [1.82, 2.24) is 5.32 Å². The van der Waals surface area contributed by atoms with Gasteiger partial charge in [0.1, 0.15) is 11.9 Å². The van der Waals surface area contributed by atoms with Gasteiger partial charge in [-0.3, -0.25) is 9.59 Å². The average Bonchev–Trinajstić information content (AvgIpc) is 2.50. The van der Waals surface area contributed by atoms with Crippen molar-refractivity contribution in [3.05, 3.63) is 70.5 Å². The van der Waals surface area contributed by atoms with Gasteiger partial charge in [-0.15, -0.1) is 0 Å². The van der Waals surface area contributed by atoms with Crippen LogP contribution < -0.4 is 11.1 Å². The number of aryl methyl sites for hydroxylation is 2. The Morgan fingerprint density at radius 3 is 2.26 bits per heavy atom. The maximum atomic E-state index is 13.7. The van der Waals surface area contributed by atoms with Gasteiger partial charge in [-0.2, -0.15) is 0 Å². The van der Waals surface area contributed by atoms with E-state index in [4.69, 9.17) is 5.73 Å². The summed E-state index contributed by atoms with van der Waals surface area (Å²) in [5.41, 5.74) is 8.26. The smallest absolute Gasteiger partial charge is 0.254 e. The Labute approximate surface area is 134 Å². The molecule has 23 heavy (non-hydrogen) atoms. The summed E-state index contributed by atoms with van der Waals surface area (Å²) in [6.07, 6.45) is 0.272. The maximum absolute atomic E-state index is 13.7. The molecule has 3 N–H and O–H groups in total. The number of carbonyl (C=O) groups excluding carboxylic acids is 2. The third-order valence-electron chi connectivity index (χ3n) is 3.82. The molecule has 0 radical (unpaired) electrons. The van der Waals surface area contributed by atoms with E-state index < -0.39 is 23.7 Å². The van der Waals surface area contributed by atoms with Crippen molar-refractivity contribution in [3.63, 3.8) is 0 Å². The largest absolute Gasteiger partial charge is 0.368 e. The molecule has 5 heteroatoms. The Morgan fingerprint density at radius 1 is 1.09 bits per heavy atom. The Balaban J connectivity index is 2.22. The third kappa shape index (κ3) is 3.94. The second-order valence-corrected chi connectivity index (χ2v) is 5.48. The van der Waals surface area contributed by atoms with Crippen LogP contribution in [0.1, 0.15) is 27.0 Å².